The van der Waals surface area contributed by atoms with E-state index < -0.39 is 5.60 Å². The van der Waals surface area contributed by atoms with Gasteiger partial charge in [0.05, 0.1) is 19.3 Å². The van der Waals surface area contributed by atoms with Gasteiger partial charge >= 0.3 is 0 Å². The van der Waals surface area contributed by atoms with Crippen molar-refractivity contribution in [1.82, 2.24) is 20.4 Å². The summed E-state index contributed by atoms with van der Waals surface area (Å²) in [7, 11) is 1.82. The fraction of sp³-hybridized carbons (Fsp3) is 0.474. The number of hydrogen-bond donors (Lipinski definition) is 3. The van der Waals surface area contributed by atoms with Gasteiger partial charge in [-0.2, -0.15) is 5.10 Å². The van der Waals surface area contributed by atoms with Crippen LogP contribution in [-0.4, -0.2) is 46.6 Å². The van der Waals surface area contributed by atoms with Crippen molar-refractivity contribution in [3.63, 3.8) is 0 Å². The number of aryl methyl sites for hydroxylation is 1. The lowest BCUT2D eigenvalue weighted by molar-refractivity contribution is 0.0671. The van der Waals surface area contributed by atoms with E-state index in [0.717, 1.165) is 11.3 Å². The third-order valence-electron chi connectivity index (χ3n) is 3.92. The molecule has 1 heterocycles. The number of nitrogens with zero attached hydrogens (tertiary/aromatic N) is 3. The maximum atomic E-state index is 10.7. The topological polar surface area (TPSA) is 83.7 Å². The molecule has 0 bridgehead atoms. The fourth-order valence-electron chi connectivity index (χ4n) is 2.39. The molecule has 2 rings (SSSR count). The van der Waals surface area contributed by atoms with Crippen LogP contribution >= 0.6 is 11.6 Å². The minimum absolute atomic E-state index is 0.0751. The maximum absolute atomic E-state index is 10.7. The van der Waals surface area contributed by atoms with Crippen LogP contribution in [0.15, 0.2) is 41.7 Å². The number of aliphatic hydroxyl groups is 1. The standard InChI is InChI=1S/C19H28ClN5O2/c1-5-21-18(23-13-19(3,26)15-11-24-25(4)12-15)22-10-14(2)27-17-8-6-16(20)7-9-17/h6-9,11-12,14,26H,5,10,13H2,1-4H3,(H2,21,22,23). The molecule has 1 aromatic heterocycles. The predicted molar refractivity (Wildman–Crippen MR) is 108 cm³/mol. The molecule has 2 atom stereocenters. The smallest absolute Gasteiger partial charge is 0.191 e. The zero-order valence-electron chi connectivity index (χ0n) is 16.2. The van der Waals surface area contributed by atoms with Gasteiger partial charge < -0.3 is 20.5 Å². The lowest BCUT2D eigenvalue weighted by Gasteiger charge is -2.21. The van der Waals surface area contributed by atoms with Crippen molar-refractivity contribution in [2.24, 2.45) is 12.0 Å². The SMILES string of the molecule is CCNC(=NCC(C)(O)c1cnn(C)c1)NCC(C)Oc1ccc(Cl)cc1. The second kappa shape index (κ2) is 9.62. The van der Waals surface area contributed by atoms with E-state index in [1.165, 1.54) is 0 Å². The molecular formula is C19H28ClN5O2. The monoisotopic (exact) mass is 393 g/mol. The van der Waals surface area contributed by atoms with Gasteiger partial charge in [-0.3, -0.25) is 4.68 Å². The zero-order chi connectivity index (χ0) is 19.9. The number of aromatic nitrogens is 2. The van der Waals surface area contributed by atoms with Crippen molar-refractivity contribution < 1.29 is 9.84 Å². The number of rotatable bonds is 8. The number of halogens is 1. The summed E-state index contributed by atoms with van der Waals surface area (Å²) in [4.78, 5) is 4.50. The summed E-state index contributed by atoms with van der Waals surface area (Å²) >= 11 is 5.89. The first-order valence-electron chi connectivity index (χ1n) is 8.96. The molecule has 0 aliphatic rings. The Hall–Kier alpha value is -2.25. The maximum Gasteiger partial charge on any atom is 0.191 e. The molecular weight excluding hydrogens is 366 g/mol. The van der Waals surface area contributed by atoms with E-state index in [-0.39, 0.29) is 12.6 Å². The second-order valence-corrected chi connectivity index (χ2v) is 7.07. The molecule has 0 aliphatic heterocycles. The van der Waals surface area contributed by atoms with Gasteiger partial charge in [0.15, 0.2) is 5.96 Å². The Morgan fingerprint density at radius 3 is 2.67 bits per heavy atom. The lowest BCUT2D eigenvalue weighted by atomic mass is 10.0. The molecule has 8 heteroatoms. The Bertz CT molecular complexity index is 743. The van der Waals surface area contributed by atoms with Gasteiger partial charge in [-0.1, -0.05) is 11.6 Å². The van der Waals surface area contributed by atoms with Crippen molar-refractivity contribution in [1.29, 1.82) is 0 Å². The molecule has 0 spiro atoms. The van der Waals surface area contributed by atoms with Crippen LogP contribution in [0.5, 0.6) is 5.75 Å². The molecule has 0 amide bonds. The average Bonchev–Trinajstić information content (AvgIpc) is 3.07. The van der Waals surface area contributed by atoms with E-state index in [9.17, 15) is 5.11 Å². The Kier molecular flexibility index (Phi) is 7.50. The van der Waals surface area contributed by atoms with Gasteiger partial charge in [0.1, 0.15) is 17.5 Å². The second-order valence-electron chi connectivity index (χ2n) is 6.63. The van der Waals surface area contributed by atoms with Crippen molar-refractivity contribution >= 4 is 17.6 Å². The van der Waals surface area contributed by atoms with Gasteiger partial charge in [-0.25, -0.2) is 4.99 Å². The van der Waals surface area contributed by atoms with Crippen molar-refractivity contribution in [3.8, 4) is 5.75 Å². The molecule has 2 aromatic rings. The van der Waals surface area contributed by atoms with Crippen molar-refractivity contribution in [2.75, 3.05) is 19.6 Å². The first-order chi connectivity index (χ1) is 12.8. The number of ether oxygens (including phenoxy) is 1. The van der Waals surface area contributed by atoms with Crippen LogP contribution in [0.1, 0.15) is 26.3 Å². The van der Waals surface area contributed by atoms with E-state index >= 15 is 0 Å². The largest absolute Gasteiger partial charge is 0.489 e. The van der Waals surface area contributed by atoms with Crippen molar-refractivity contribution in [2.45, 2.75) is 32.5 Å². The minimum atomic E-state index is -1.10. The number of nitrogens with one attached hydrogen (secondary N) is 2. The van der Waals surface area contributed by atoms with Crippen LogP contribution in [0.25, 0.3) is 0 Å². The third kappa shape index (κ3) is 6.77. The molecule has 7 nitrogen and oxygen atoms in total. The predicted octanol–water partition coefficient (Wildman–Crippen LogP) is 2.30. The normalized spacial score (nSPS) is 15.1. The van der Waals surface area contributed by atoms with E-state index in [1.807, 2.05) is 33.0 Å². The summed E-state index contributed by atoms with van der Waals surface area (Å²) in [5, 5.41) is 21.8. The molecule has 2 unspecified atom stereocenters. The van der Waals surface area contributed by atoms with Crippen LogP contribution in [0.3, 0.4) is 0 Å². The quantitative estimate of drug-likeness (QED) is 0.473. The van der Waals surface area contributed by atoms with Crippen molar-refractivity contribution in [3.05, 3.63) is 47.2 Å². The molecule has 1 aromatic carbocycles. The molecule has 3 N–H and O–H groups in total. The van der Waals surface area contributed by atoms with Crippen LogP contribution < -0.4 is 15.4 Å². The number of benzene rings is 1. The highest BCUT2D eigenvalue weighted by Gasteiger charge is 2.24. The fourth-order valence-corrected chi connectivity index (χ4v) is 2.52. The molecule has 0 fully saturated rings. The zero-order valence-corrected chi connectivity index (χ0v) is 17.0. The summed E-state index contributed by atoms with van der Waals surface area (Å²) in [6.45, 7) is 7.17. The van der Waals surface area contributed by atoms with Gasteiger partial charge in [-0.05, 0) is 45.0 Å². The molecule has 0 radical (unpaired) electrons. The number of hydrogen-bond acceptors (Lipinski definition) is 4. The minimum Gasteiger partial charge on any atom is -0.489 e. The lowest BCUT2D eigenvalue weighted by Crippen LogP contribution is -2.42. The highest BCUT2D eigenvalue weighted by Crippen LogP contribution is 2.20. The Morgan fingerprint density at radius 1 is 1.37 bits per heavy atom. The van der Waals surface area contributed by atoms with E-state index in [2.05, 4.69) is 20.7 Å². The van der Waals surface area contributed by atoms with Crippen LogP contribution in [0.4, 0.5) is 0 Å². The highest BCUT2D eigenvalue weighted by molar-refractivity contribution is 6.30. The van der Waals surface area contributed by atoms with Crippen LogP contribution in [0.2, 0.25) is 5.02 Å². The summed E-state index contributed by atoms with van der Waals surface area (Å²) in [6, 6.07) is 7.26. The van der Waals surface area contributed by atoms with Gasteiger partial charge in [0.25, 0.3) is 0 Å². The summed E-state index contributed by atoms with van der Waals surface area (Å²) in [5.74, 6) is 1.38. The first-order valence-corrected chi connectivity index (χ1v) is 9.34. The van der Waals surface area contributed by atoms with E-state index in [1.54, 1.807) is 36.1 Å². The van der Waals surface area contributed by atoms with E-state index in [0.29, 0.717) is 24.1 Å². The third-order valence-corrected chi connectivity index (χ3v) is 4.18. The first kappa shape index (κ1) is 21.1. The number of aliphatic imine (C=N–C) groups is 1. The summed E-state index contributed by atoms with van der Waals surface area (Å²) < 4.78 is 7.51. The molecule has 148 valence electrons. The molecule has 0 saturated carbocycles. The van der Waals surface area contributed by atoms with Gasteiger partial charge in [-0.15, -0.1) is 0 Å². The van der Waals surface area contributed by atoms with Crippen LogP contribution in [-0.2, 0) is 12.6 Å². The van der Waals surface area contributed by atoms with Gasteiger partial charge in [0.2, 0.25) is 0 Å². The van der Waals surface area contributed by atoms with Gasteiger partial charge in [0, 0.05) is 30.4 Å². The molecule has 0 aliphatic carbocycles. The Balaban J connectivity index is 1.91. The summed E-state index contributed by atoms with van der Waals surface area (Å²) in [6.07, 6.45) is 3.37. The van der Waals surface area contributed by atoms with Crippen LogP contribution in [0, 0.1) is 0 Å². The Labute approximate surface area is 165 Å². The summed E-state index contributed by atoms with van der Waals surface area (Å²) in [5.41, 5.74) is -0.369. The van der Waals surface area contributed by atoms with E-state index in [4.69, 9.17) is 16.3 Å². The molecule has 0 saturated heterocycles. The Morgan fingerprint density at radius 2 is 2.07 bits per heavy atom. The molecule has 27 heavy (non-hydrogen) atoms. The highest BCUT2D eigenvalue weighted by atomic mass is 35.5. The number of guanidine groups is 1. The average molecular weight is 394 g/mol.